The van der Waals surface area contributed by atoms with Gasteiger partial charge in [-0.1, -0.05) is 18.2 Å². The van der Waals surface area contributed by atoms with Gasteiger partial charge in [-0.05, 0) is 6.92 Å². The number of carbonyl (C=O) groups is 1. The van der Waals surface area contributed by atoms with Crippen molar-refractivity contribution < 1.29 is 13.2 Å². The van der Waals surface area contributed by atoms with Crippen LogP contribution in [-0.2, 0) is 14.8 Å². The second kappa shape index (κ2) is 4.71. The van der Waals surface area contributed by atoms with Gasteiger partial charge in [-0.3, -0.25) is 4.79 Å². The Kier molecular flexibility index (Phi) is 4.28. The summed E-state index contributed by atoms with van der Waals surface area (Å²) in [6, 6.07) is 0. The molecule has 0 aromatic heterocycles. The predicted molar refractivity (Wildman–Crippen MR) is 46.9 cm³/mol. The first-order chi connectivity index (χ1) is 5.45. The number of nitrogens with one attached hydrogen (secondary N) is 1. The van der Waals surface area contributed by atoms with Gasteiger partial charge in [-0.15, -0.1) is 0 Å². The largest absolute Gasteiger partial charge is 0.269 e. The molecule has 0 aliphatic carbocycles. The topological polar surface area (TPSA) is 63.2 Å². The SMILES string of the molecule is C/C=C/C=C/C(=O)NS(C)(=O)=O. The van der Waals surface area contributed by atoms with Gasteiger partial charge < -0.3 is 0 Å². The van der Waals surface area contributed by atoms with E-state index in [1.165, 1.54) is 6.08 Å². The molecule has 12 heavy (non-hydrogen) atoms. The molecule has 0 radical (unpaired) electrons. The molecule has 0 fully saturated rings. The molecular weight excluding hydrogens is 178 g/mol. The van der Waals surface area contributed by atoms with Crippen LogP contribution in [0.5, 0.6) is 0 Å². The summed E-state index contributed by atoms with van der Waals surface area (Å²) in [6.07, 6.45) is 6.88. The number of hydrogen-bond donors (Lipinski definition) is 1. The quantitative estimate of drug-likeness (QED) is 0.509. The van der Waals surface area contributed by atoms with Crippen LogP contribution in [0.1, 0.15) is 6.92 Å². The van der Waals surface area contributed by atoms with Crippen molar-refractivity contribution in [3.8, 4) is 0 Å². The Bertz CT molecular complexity index is 301. The number of sulfonamides is 1. The summed E-state index contributed by atoms with van der Waals surface area (Å²) in [5, 5.41) is 0. The molecule has 1 amide bonds. The average molecular weight is 189 g/mol. The van der Waals surface area contributed by atoms with E-state index in [1.807, 2.05) is 0 Å². The molecule has 0 saturated heterocycles. The lowest BCUT2D eigenvalue weighted by molar-refractivity contribution is -0.114. The molecule has 0 rings (SSSR count). The zero-order valence-electron chi connectivity index (χ0n) is 6.94. The molecule has 0 saturated carbocycles. The summed E-state index contributed by atoms with van der Waals surface area (Å²) in [4.78, 5) is 10.7. The van der Waals surface area contributed by atoms with Gasteiger partial charge in [0, 0.05) is 6.08 Å². The first-order valence-corrected chi connectivity index (χ1v) is 5.16. The summed E-state index contributed by atoms with van der Waals surface area (Å²) in [7, 11) is -3.44. The molecule has 1 N–H and O–H groups in total. The van der Waals surface area contributed by atoms with Crippen molar-refractivity contribution in [1.29, 1.82) is 0 Å². The fourth-order valence-corrected chi connectivity index (χ4v) is 0.904. The van der Waals surface area contributed by atoms with Gasteiger partial charge in [0.2, 0.25) is 10.0 Å². The third-order valence-corrected chi connectivity index (χ3v) is 1.41. The highest BCUT2D eigenvalue weighted by Crippen LogP contribution is 1.80. The molecule has 0 unspecified atom stereocenters. The van der Waals surface area contributed by atoms with Gasteiger partial charge >= 0.3 is 0 Å². The smallest absolute Gasteiger partial charge is 0.257 e. The Labute approximate surface area is 72.0 Å². The molecule has 0 bridgehead atoms. The van der Waals surface area contributed by atoms with E-state index in [0.29, 0.717) is 0 Å². The Hall–Kier alpha value is -1.10. The minimum atomic E-state index is -3.44. The third-order valence-electron chi connectivity index (χ3n) is 0.837. The number of carbonyl (C=O) groups excluding carboxylic acids is 1. The van der Waals surface area contributed by atoms with Crippen molar-refractivity contribution in [1.82, 2.24) is 4.72 Å². The van der Waals surface area contributed by atoms with E-state index in [-0.39, 0.29) is 0 Å². The molecule has 0 aliphatic rings. The lowest BCUT2D eigenvalue weighted by Crippen LogP contribution is -2.27. The summed E-state index contributed by atoms with van der Waals surface area (Å²) in [6.45, 7) is 1.79. The Morgan fingerprint density at radius 3 is 2.33 bits per heavy atom. The van der Waals surface area contributed by atoms with Crippen LogP contribution in [0.15, 0.2) is 24.3 Å². The first-order valence-electron chi connectivity index (χ1n) is 3.27. The molecule has 0 aromatic rings. The van der Waals surface area contributed by atoms with Gasteiger partial charge in [-0.25, -0.2) is 13.1 Å². The monoisotopic (exact) mass is 189 g/mol. The summed E-state index contributed by atoms with van der Waals surface area (Å²) in [5.41, 5.74) is 0. The Balaban J connectivity index is 4.09. The van der Waals surface area contributed by atoms with Crippen LogP contribution >= 0.6 is 0 Å². The van der Waals surface area contributed by atoms with Gasteiger partial charge in [0.15, 0.2) is 0 Å². The lowest BCUT2D eigenvalue weighted by Gasteiger charge is -1.95. The minimum Gasteiger partial charge on any atom is -0.269 e. The fraction of sp³-hybridized carbons (Fsp3) is 0.286. The van der Waals surface area contributed by atoms with Crippen molar-refractivity contribution in [3.05, 3.63) is 24.3 Å². The molecule has 0 atom stereocenters. The zero-order chi connectivity index (χ0) is 9.61. The number of allylic oxidation sites excluding steroid dienone is 3. The first kappa shape index (κ1) is 10.9. The average Bonchev–Trinajstić information content (AvgIpc) is 1.84. The zero-order valence-corrected chi connectivity index (χ0v) is 7.76. The normalized spacial score (nSPS) is 12.5. The summed E-state index contributed by atoms with van der Waals surface area (Å²) < 4.78 is 22.8. The molecule has 0 spiro atoms. The number of hydrogen-bond acceptors (Lipinski definition) is 3. The van der Waals surface area contributed by atoms with Gasteiger partial charge in [-0.2, -0.15) is 0 Å². The van der Waals surface area contributed by atoms with E-state index >= 15 is 0 Å². The van der Waals surface area contributed by atoms with Crippen LogP contribution in [-0.4, -0.2) is 20.6 Å². The van der Waals surface area contributed by atoms with Crippen molar-refractivity contribution in [2.75, 3.05) is 6.26 Å². The van der Waals surface area contributed by atoms with Crippen molar-refractivity contribution >= 4 is 15.9 Å². The standard InChI is InChI=1S/C7H11NO3S/c1-3-4-5-6-7(9)8-12(2,10)11/h3-6H,1-2H3,(H,8,9)/b4-3+,6-5+. The Morgan fingerprint density at radius 1 is 1.33 bits per heavy atom. The fourth-order valence-electron chi connectivity index (χ4n) is 0.471. The molecular formula is C7H11NO3S. The van der Waals surface area contributed by atoms with Crippen LogP contribution in [0.25, 0.3) is 0 Å². The van der Waals surface area contributed by atoms with Crippen LogP contribution in [0.2, 0.25) is 0 Å². The van der Waals surface area contributed by atoms with Crippen LogP contribution in [0.3, 0.4) is 0 Å². The maximum absolute atomic E-state index is 10.7. The van der Waals surface area contributed by atoms with E-state index < -0.39 is 15.9 Å². The lowest BCUT2D eigenvalue weighted by atomic mass is 10.4. The second-order valence-electron chi connectivity index (χ2n) is 2.12. The van der Waals surface area contributed by atoms with Crippen LogP contribution in [0.4, 0.5) is 0 Å². The van der Waals surface area contributed by atoms with Crippen molar-refractivity contribution in [3.63, 3.8) is 0 Å². The number of rotatable bonds is 3. The maximum atomic E-state index is 10.7. The number of amides is 1. The van der Waals surface area contributed by atoms with Gasteiger partial charge in [0.05, 0.1) is 6.26 Å². The highest BCUT2D eigenvalue weighted by atomic mass is 32.2. The highest BCUT2D eigenvalue weighted by Gasteiger charge is 2.02. The predicted octanol–water partition coefficient (Wildman–Crippen LogP) is 0.195. The van der Waals surface area contributed by atoms with E-state index in [4.69, 9.17) is 0 Å². The van der Waals surface area contributed by atoms with Crippen LogP contribution in [0, 0.1) is 0 Å². The van der Waals surface area contributed by atoms with Crippen molar-refractivity contribution in [2.45, 2.75) is 6.92 Å². The minimum absolute atomic E-state index is 0.643. The highest BCUT2D eigenvalue weighted by molar-refractivity contribution is 7.89. The van der Waals surface area contributed by atoms with Crippen LogP contribution < -0.4 is 4.72 Å². The molecule has 0 aliphatic heterocycles. The maximum Gasteiger partial charge on any atom is 0.257 e. The van der Waals surface area contributed by atoms with Gasteiger partial charge in [0.25, 0.3) is 5.91 Å². The molecule has 4 nitrogen and oxygen atoms in total. The molecule has 68 valence electrons. The van der Waals surface area contributed by atoms with E-state index in [2.05, 4.69) is 0 Å². The molecule has 0 heterocycles. The van der Waals surface area contributed by atoms with E-state index in [0.717, 1.165) is 12.3 Å². The molecule has 5 heteroatoms. The summed E-state index contributed by atoms with van der Waals surface area (Å²) in [5.74, 6) is -0.643. The third kappa shape index (κ3) is 7.01. The van der Waals surface area contributed by atoms with E-state index in [9.17, 15) is 13.2 Å². The van der Waals surface area contributed by atoms with Gasteiger partial charge in [0.1, 0.15) is 0 Å². The second-order valence-corrected chi connectivity index (χ2v) is 3.87. The van der Waals surface area contributed by atoms with Crippen molar-refractivity contribution in [2.24, 2.45) is 0 Å². The summed E-state index contributed by atoms with van der Waals surface area (Å²) >= 11 is 0. The van der Waals surface area contributed by atoms with E-state index in [1.54, 1.807) is 23.8 Å². The Morgan fingerprint density at radius 2 is 1.92 bits per heavy atom. The molecule has 0 aromatic carbocycles.